The third-order valence-electron chi connectivity index (χ3n) is 4.56. The predicted octanol–water partition coefficient (Wildman–Crippen LogP) is 2.44. The Morgan fingerprint density at radius 1 is 1.15 bits per heavy atom. The molecule has 0 bridgehead atoms. The zero-order valence-electron chi connectivity index (χ0n) is 15.2. The molecular weight excluding hydrogens is 356 g/mol. The first-order valence-electron chi connectivity index (χ1n) is 8.79. The second-order valence-corrected chi connectivity index (χ2v) is 8.36. The average Bonchev–Trinajstić information content (AvgIpc) is 2.61. The number of hydrogen-bond donors (Lipinski definition) is 2. The minimum atomic E-state index is -3.87. The van der Waals surface area contributed by atoms with Crippen LogP contribution >= 0.6 is 0 Å². The van der Waals surface area contributed by atoms with Gasteiger partial charge in [-0.2, -0.15) is 4.72 Å². The molecule has 0 heterocycles. The van der Waals surface area contributed by atoms with Gasteiger partial charge in [-0.05, 0) is 36.6 Å². The number of carbonyl (C=O) groups is 2. The molecule has 0 unspecified atom stereocenters. The minimum absolute atomic E-state index is 0.0316. The summed E-state index contributed by atoms with van der Waals surface area (Å²) < 4.78 is 32.5. The van der Waals surface area contributed by atoms with Crippen molar-refractivity contribution in [2.45, 2.75) is 56.4 Å². The van der Waals surface area contributed by atoms with Crippen molar-refractivity contribution >= 4 is 27.6 Å². The Kier molecular flexibility index (Phi) is 7.16. The molecule has 2 N–H and O–H groups in total. The lowest BCUT2D eigenvalue weighted by molar-refractivity contribution is -0.143. The summed E-state index contributed by atoms with van der Waals surface area (Å²) in [5.74, 6) is -0.497. The number of methoxy groups -OCH3 is 1. The summed E-state index contributed by atoms with van der Waals surface area (Å²) in [6, 6.07) is 4.89. The second-order valence-electron chi connectivity index (χ2n) is 6.64. The Bertz CT molecular complexity index is 724. The van der Waals surface area contributed by atoms with Crippen molar-refractivity contribution in [1.82, 2.24) is 4.72 Å². The number of sulfonamides is 1. The first-order valence-corrected chi connectivity index (χ1v) is 10.3. The maximum Gasteiger partial charge on any atom is 0.323 e. The van der Waals surface area contributed by atoms with Crippen LogP contribution in [0.1, 0.15) is 45.4 Å². The van der Waals surface area contributed by atoms with E-state index < -0.39 is 22.0 Å². The van der Waals surface area contributed by atoms with Crippen LogP contribution in [0.3, 0.4) is 0 Å². The largest absolute Gasteiger partial charge is 0.468 e. The topological polar surface area (TPSA) is 102 Å². The Morgan fingerprint density at radius 2 is 1.77 bits per heavy atom. The van der Waals surface area contributed by atoms with E-state index in [0.29, 0.717) is 18.0 Å². The van der Waals surface area contributed by atoms with Crippen LogP contribution in [0.25, 0.3) is 0 Å². The van der Waals surface area contributed by atoms with Crippen molar-refractivity contribution in [3.8, 4) is 0 Å². The summed E-state index contributed by atoms with van der Waals surface area (Å²) in [7, 11) is -2.62. The summed E-state index contributed by atoms with van der Waals surface area (Å²) in [5, 5.41) is 2.58. The first-order chi connectivity index (χ1) is 12.3. The van der Waals surface area contributed by atoms with Crippen LogP contribution in [-0.2, 0) is 24.3 Å². The monoisotopic (exact) mass is 382 g/mol. The zero-order valence-corrected chi connectivity index (χ0v) is 16.0. The molecule has 1 atom stereocenters. The van der Waals surface area contributed by atoms with E-state index in [2.05, 4.69) is 10.0 Å². The maximum absolute atomic E-state index is 12.6. The molecule has 1 aromatic carbocycles. The van der Waals surface area contributed by atoms with E-state index in [1.165, 1.54) is 44.7 Å². The van der Waals surface area contributed by atoms with Gasteiger partial charge < -0.3 is 10.1 Å². The fourth-order valence-corrected chi connectivity index (χ4v) is 4.46. The zero-order chi connectivity index (χ0) is 19.2. The molecule has 7 nitrogen and oxygen atoms in total. The highest BCUT2D eigenvalue weighted by molar-refractivity contribution is 7.89. The number of rotatable bonds is 7. The van der Waals surface area contributed by atoms with Gasteiger partial charge in [0.15, 0.2) is 0 Å². The van der Waals surface area contributed by atoms with Crippen molar-refractivity contribution in [1.29, 1.82) is 0 Å². The number of ether oxygens (including phenoxy) is 1. The smallest absolute Gasteiger partial charge is 0.323 e. The summed E-state index contributed by atoms with van der Waals surface area (Å²) in [5.41, 5.74) is 0.503. The SMILES string of the molecule is COC(=O)[C@H](CC1CCCCC1)NS(=O)(=O)c1ccc(NC(C)=O)cc1. The van der Waals surface area contributed by atoms with Crippen LogP contribution in [0.4, 0.5) is 5.69 Å². The van der Waals surface area contributed by atoms with Crippen LogP contribution in [0.2, 0.25) is 0 Å². The van der Waals surface area contributed by atoms with E-state index in [0.717, 1.165) is 25.7 Å². The maximum atomic E-state index is 12.6. The van der Waals surface area contributed by atoms with Crippen molar-refractivity contribution in [2.24, 2.45) is 5.92 Å². The highest BCUT2D eigenvalue weighted by Crippen LogP contribution is 2.28. The summed E-state index contributed by atoms with van der Waals surface area (Å²) in [6.07, 6.45) is 5.84. The molecule has 1 amide bonds. The molecule has 0 radical (unpaired) electrons. The third kappa shape index (κ3) is 5.81. The van der Waals surface area contributed by atoms with Crippen LogP contribution in [0.15, 0.2) is 29.2 Å². The molecule has 1 aliphatic carbocycles. The summed E-state index contributed by atoms with van der Waals surface area (Å²) >= 11 is 0. The van der Waals surface area contributed by atoms with Gasteiger partial charge in [0.1, 0.15) is 6.04 Å². The van der Waals surface area contributed by atoms with Gasteiger partial charge in [0, 0.05) is 12.6 Å². The Morgan fingerprint density at radius 3 is 2.31 bits per heavy atom. The molecule has 1 fully saturated rings. The molecule has 0 spiro atoms. The van der Waals surface area contributed by atoms with E-state index in [4.69, 9.17) is 4.74 Å². The van der Waals surface area contributed by atoms with E-state index in [-0.39, 0.29) is 10.8 Å². The lowest BCUT2D eigenvalue weighted by Crippen LogP contribution is -2.42. The van der Waals surface area contributed by atoms with E-state index >= 15 is 0 Å². The van der Waals surface area contributed by atoms with Crippen LogP contribution in [0, 0.1) is 5.92 Å². The number of nitrogens with one attached hydrogen (secondary N) is 2. The molecule has 0 saturated heterocycles. The molecule has 8 heteroatoms. The van der Waals surface area contributed by atoms with Gasteiger partial charge in [-0.1, -0.05) is 32.1 Å². The van der Waals surface area contributed by atoms with Crippen LogP contribution < -0.4 is 10.0 Å². The molecule has 26 heavy (non-hydrogen) atoms. The number of hydrogen-bond acceptors (Lipinski definition) is 5. The standard InChI is InChI=1S/C18H26N2O5S/c1-13(21)19-15-8-10-16(11-9-15)26(23,24)20-17(18(22)25-2)12-14-6-4-3-5-7-14/h8-11,14,17,20H,3-7,12H2,1-2H3,(H,19,21)/t17-/m0/s1. The fourth-order valence-electron chi connectivity index (χ4n) is 3.27. The fraction of sp³-hybridized carbons (Fsp3) is 0.556. The molecule has 2 rings (SSSR count). The van der Waals surface area contributed by atoms with Gasteiger partial charge in [0.25, 0.3) is 0 Å². The average molecular weight is 382 g/mol. The van der Waals surface area contributed by atoms with E-state index in [9.17, 15) is 18.0 Å². The molecule has 144 valence electrons. The van der Waals surface area contributed by atoms with Gasteiger partial charge in [0.2, 0.25) is 15.9 Å². The lowest BCUT2D eigenvalue weighted by atomic mass is 9.85. The molecular formula is C18H26N2O5S. The number of carbonyl (C=O) groups excluding carboxylic acids is 2. The predicted molar refractivity (Wildman–Crippen MR) is 98.1 cm³/mol. The first kappa shape index (κ1) is 20.4. The molecule has 1 aromatic rings. The van der Waals surface area contributed by atoms with Crippen molar-refractivity contribution in [2.75, 3.05) is 12.4 Å². The van der Waals surface area contributed by atoms with E-state index in [1.807, 2.05) is 0 Å². The Hall–Kier alpha value is -1.93. The normalized spacial score (nSPS) is 16.7. The highest BCUT2D eigenvalue weighted by Gasteiger charge is 2.29. The van der Waals surface area contributed by atoms with Crippen molar-refractivity contribution < 1.29 is 22.7 Å². The highest BCUT2D eigenvalue weighted by atomic mass is 32.2. The summed E-state index contributed by atoms with van der Waals surface area (Å²) in [6.45, 7) is 1.37. The quantitative estimate of drug-likeness (QED) is 0.705. The van der Waals surface area contributed by atoms with Crippen molar-refractivity contribution in [3.63, 3.8) is 0 Å². The summed E-state index contributed by atoms with van der Waals surface area (Å²) in [4.78, 5) is 23.1. The molecule has 0 aromatic heterocycles. The minimum Gasteiger partial charge on any atom is -0.468 e. The number of amides is 1. The van der Waals surface area contributed by atoms with Gasteiger partial charge >= 0.3 is 5.97 Å². The van der Waals surface area contributed by atoms with Crippen LogP contribution in [-0.4, -0.2) is 33.4 Å². The van der Waals surface area contributed by atoms with Gasteiger partial charge in [-0.25, -0.2) is 8.42 Å². The second kappa shape index (κ2) is 9.14. The van der Waals surface area contributed by atoms with Crippen molar-refractivity contribution in [3.05, 3.63) is 24.3 Å². The van der Waals surface area contributed by atoms with Gasteiger partial charge in [-0.3, -0.25) is 9.59 Å². The number of benzene rings is 1. The number of anilines is 1. The van der Waals surface area contributed by atoms with Gasteiger partial charge in [0.05, 0.1) is 12.0 Å². The third-order valence-corrected chi connectivity index (χ3v) is 6.05. The molecule has 1 saturated carbocycles. The lowest BCUT2D eigenvalue weighted by Gasteiger charge is -2.25. The number of esters is 1. The molecule has 1 aliphatic rings. The van der Waals surface area contributed by atoms with Gasteiger partial charge in [-0.15, -0.1) is 0 Å². The molecule has 0 aliphatic heterocycles. The van der Waals surface area contributed by atoms with Crippen LogP contribution in [0.5, 0.6) is 0 Å². The van der Waals surface area contributed by atoms with E-state index in [1.54, 1.807) is 0 Å². The Balaban J connectivity index is 2.11. The Labute approximate surface area is 154 Å².